The van der Waals surface area contributed by atoms with E-state index in [0.29, 0.717) is 19.4 Å². The Morgan fingerprint density at radius 3 is 3.00 bits per heavy atom. The van der Waals surface area contributed by atoms with Gasteiger partial charge in [-0.25, -0.2) is 4.58 Å². The zero-order valence-electron chi connectivity index (χ0n) is 14.5. The van der Waals surface area contributed by atoms with Crippen molar-refractivity contribution >= 4 is 22.6 Å². The Balaban J connectivity index is 1.49. The summed E-state index contributed by atoms with van der Waals surface area (Å²) in [6.45, 7) is 1.14. The maximum Gasteiger partial charge on any atom is 0.287 e. The van der Waals surface area contributed by atoms with Crippen molar-refractivity contribution in [1.29, 1.82) is 0 Å². The van der Waals surface area contributed by atoms with Gasteiger partial charge in [-0.05, 0) is 18.2 Å². The fourth-order valence-corrected chi connectivity index (χ4v) is 4.49. The largest absolute Gasteiger partial charge is 0.455 e. The van der Waals surface area contributed by atoms with Gasteiger partial charge in [-0.1, -0.05) is 30.4 Å². The molecule has 0 bridgehead atoms. The molecule has 5 heteroatoms. The Morgan fingerprint density at radius 1 is 1.08 bits per heavy atom. The number of ether oxygens (including phenoxy) is 2. The van der Waals surface area contributed by atoms with Crippen LogP contribution in [0.1, 0.15) is 0 Å². The number of pyridine rings is 1. The molecule has 1 saturated heterocycles. The van der Waals surface area contributed by atoms with E-state index in [1.165, 1.54) is 5.39 Å². The summed E-state index contributed by atoms with van der Waals surface area (Å²) in [5.41, 5.74) is 1.16. The van der Waals surface area contributed by atoms with Crippen molar-refractivity contribution < 1.29 is 18.6 Å². The summed E-state index contributed by atoms with van der Waals surface area (Å²) in [5.74, 6) is 4.66. The normalized spacial score (nSPS) is 24.4. The van der Waals surface area contributed by atoms with E-state index in [1.807, 2.05) is 12.1 Å². The monoisotopic (exact) mass is 345 g/mol. The van der Waals surface area contributed by atoms with Gasteiger partial charge < -0.3 is 9.47 Å². The molecule has 3 aliphatic heterocycles. The number of likely N-dealkylation sites (N-methyl/N-ethyl adjacent to an activating group) is 1. The number of amidine groups is 1. The molecular weight excluding hydrogens is 326 g/mol. The highest BCUT2D eigenvalue weighted by atomic mass is 16.5. The summed E-state index contributed by atoms with van der Waals surface area (Å²) in [7, 11) is 2.12. The standard InChI is InChI=1S/C21H19N3O2/c1-22(18-10-8-14-4-2-6-16-20(14)23(18)12-25-16)19-11-9-15-5-3-7-17-21(15)24(19)13-26-17/h2-11,14,20H,12-13H2,1H3/q+2. The predicted octanol–water partition coefficient (Wildman–Crippen LogP) is 2.32. The minimum Gasteiger partial charge on any atom is -0.455 e. The fraction of sp³-hybridized carbons (Fsp3) is 0.238. The Hall–Kier alpha value is -3.08. The molecule has 26 heavy (non-hydrogen) atoms. The molecule has 5 nitrogen and oxygen atoms in total. The first kappa shape index (κ1) is 14.1. The number of nitrogens with zero attached hydrogens (tertiary/aromatic N) is 3. The Kier molecular flexibility index (Phi) is 2.70. The second-order valence-corrected chi connectivity index (χ2v) is 7.08. The highest BCUT2D eigenvalue weighted by Gasteiger charge is 2.43. The molecule has 1 aliphatic carbocycles. The molecule has 0 amide bonds. The van der Waals surface area contributed by atoms with Gasteiger partial charge in [-0.15, -0.1) is 0 Å². The first-order valence-corrected chi connectivity index (χ1v) is 8.96. The fourth-order valence-electron chi connectivity index (χ4n) is 4.49. The molecule has 6 rings (SSSR count). The van der Waals surface area contributed by atoms with Crippen LogP contribution in [-0.2, 0) is 11.5 Å². The number of hydrogen-bond donors (Lipinski definition) is 0. The van der Waals surface area contributed by atoms with E-state index in [1.54, 1.807) is 0 Å². The van der Waals surface area contributed by atoms with E-state index in [4.69, 9.17) is 9.47 Å². The molecule has 2 aromatic rings. The topological polar surface area (TPSA) is 28.6 Å². The quantitative estimate of drug-likeness (QED) is 0.743. The number of hydrogen-bond acceptors (Lipinski definition) is 3. The summed E-state index contributed by atoms with van der Waals surface area (Å²) < 4.78 is 16.4. The van der Waals surface area contributed by atoms with E-state index in [-0.39, 0.29) is 6.04 Å². The second kappa shape index (κ2) is 4.97. The number of aromatic nitrogens is 1. The van der Waals surface area contributed by atoms with Crippen LogP contribution in [0.3, 0.4) is 0 Å². The van der Waals surface area contributed by atoms with Gasteiger partial charge in [-0.2, -0.15) is 9.47 Å². The van der Waals surface area contributed by atoms with Crippen LogP contribution in [0.5, 0.6) is 5.75 Å². The van der Waals surface area contributed by atoms with Crippen molar-refractivity contribution in [2.75, 3.05) is 18.7 Å². The molecule has 1 aromatic heterocycles. The van der Waals surface area contributed by atoms with Crippen LogP contribution in [0.15, 0.2) is 66.5 Å². The molecule has 0 N–H and O–H groups in total. The molecule has 4 aliphatic rings. The first-order chi connectivity index (χ1) is 12.8. The van der Waals surface area contributed by atoms with Crippen molar-refractivity contribution in [3.8, 4) is 5.75 Å². The van der Waals surface area contributed by atoms with Crippen LogP contribution < -0.4 is 14.2 Å². The lowest BCUT2D eigenvalue weighted by Gasteiger charge is -2.25. The molecule has 0 radical (unpaired) electrons. The van der Waals surface area contributed by atoms with Crippen LogP contribution in [0.25, 0.3) is 10.9 Å². The van der Waals surface area contributed by atoms with E-state index in [9.17, 15) is 0 Å². The van der Waals surface area contributed by atoms with Crippen LogP contribution in [0.2, 0.25) is 0 Å². The summed E-state index contributed by atoms with van der Waals surface area (Å²) >= 11 is 0. The van der Waals surface area contributed by atoms with Crippen LogP contribution in [0.4, 0.5) is 5.82 Å². The maximum atomic E-state index is 5.94. The Bertz CT molecular complexity index is 1080. The van der Waals surface area contributed by atoms with Crippen molar-refractivity contribution in [2.45, 2.75) is 12.8 Å². The lowest BCUT2D eigenvalue weighted by molar-refractivity contribution is -0.676. The number of para-hydroxylation sites is 1. The van der Waals surface area contributed by atoms with Gasteiger partial charge in [0.05, 0.1) is 7.05 Å². The van der Waals surface area contributed by atoms with Gasteiger partial charge in [0.2, 0.25) is 13.5 Å². The average molecular weight is 345 g/mol. The second-order valence-electron chi connectivity index (χ2n) is 7.08. The van der Waals surface area contributed by atoms with Gasteiger partial charge in [0.15, 0.2) is 17.3 Å². The van der Waals surface area contributed by atoms with Gasteiger partial charge in [0.1, 0.15) is 5.76 Å². The number of anilines is 1. The Labute approximate surface area is 151 Å². The van der Waals surface area contributed by atoms with E-state index < -0.39 is 0 Å². The van der Waals surface area contributed by atoms with E-state index in [2.05, 4.69) is 69.7 Å². The van der Waals surface area contributed by atoms with Gasteiger partial charge in [0.25, 0.3) is 11.7 Å². The summed E-state index contributed by atoms with van der Waals surface area (Å²) in [6, 6.07) is 10.8. The first-order valence-electron chi connectivity index (χ1n) is 8.96. The molecule has 128 valence electrons. The average Bonchev–Trinajstić information content (AvgIpc) is 3.30. The lowest BCUT2D eigenvalue weighted by Crippen LogP contribution is -2.47. The summed E-state index contributed by atoms with van der Waals surface area (Å²) in [5, 5.41) is 1.20. The SMILES string of the molecule is CN(C1=[N+]2COC3=CC=CC(C=C1)C32)c1ccc2cccc3c2[n+]1CO3. The lowest BCUT2D eigenvalue weighted by atomic mass is 9.91. The molecule has 1 fully saturated rings. The third-order valence-corrected chi connectivity index (χ3v) is 5.74. The van der Waals surface area contributed by atoms with Gasteiger partial charge in [-0.3, -0.25) is 0 Å². The molecule has 0 saturated carbocycles. The maximum absolute atomic E-state index is 5.94. The summed E-state index contributed by atoms with van der Waals surface area (Å²) in [4.78, 5) is 2.24. The number of allylic oxidation sites excluding steroid dienone is 2. The minimum atomic E-state index is 0.272. The smallest absolute Gasteiger partial charge is 0.287 e. The van der Waals surface area contributed by atoms with E-state index >= 15 is 0 Å². The van der Waals surface area contributed by atoms with Gasteiger partial charge >= 0.3 is 0 Å². The highest BCUT2D eigenvalue weighted by Crippen LogP contribution is 2.33. The summed E-state index contributed by atoms with van der Waals surface area (Å²) in [6.07, 6.45) is 10.9. The van der Waals surface area contributed by atoms with Crippen LogP contribution in [-0.4, -0.2) is 30.2 Å². The molecule has 2 atom stereocenters. The molecule has 1 aromatic carbocycles. The van der Waals surface area contributed by atoms with Crippen molar-refractivity contribution in [3.05, 3.63) is 66.5 Å². The molecule has 2 unspecified atom stereocenters. The molecule has 0 spiro atoms. The number of benzene rings is 1. The van der Waals surface area contributed by atoms with Crippen LogP contribution in [0, 0.1) is 5.92 Å². The van der Waals surface area contributed by atoms with Crippen molar-refractivity contribution in [3.63, 3.8) is 0 Å². The van der Waals surface area contributed by atoms with Crippen molar-refractivity contribution in [2.24, 2.45) is 5.92 Å². The van der Waals surface area contributed by atoms with E-state index in [0.717, 1.165) is 28.7 Å². The predicted molar refractivity (Wildman–Crippen MR) is 98.0 cm³/mol. The van der Waals surface area contributed by atoms with Gasteiger partial charge in [0, 0.05) is 23.4 Å². The zero-order valence-corrected chi connectivity index (χ0v) is 14.5. The Morgan fingerprint density at radius 2 is 2.04 bits per heavy atom. The van der Waals surface area contributed by atoms with Crippen LogP contribution >= 0.6 is 0 Å². The molecular formula is C21H19N3O2+2. The van der Waals surface area contributed by atoms with Crippen molar-refractivity contribution in [1.82, 2.24) is 0 Å². The third kappa shape index (κ3) is 1.75. The number of rotatable bonds is 1. The molecule has 4 heterocycles. The minimum absolute atomic E-state index is 0.272. The highest BCUT2D eigenvalue weighted by molar-refractivity contribution is 6.01. The zero-order chi connectivity index (χ0) is 17.3. The third-order valence-electron chi connectivity index (χ3n) is 5.74.